The molecule has 0 fully saturated rings. The molecule has 27 heavy (non-hydrogen) atoms. The van der Waals surface area contributed by atoms with Crippen molar-refractivity contribution < 1.29 is 14.7 Å². The van der Waals surface area contributed by atoms with Gasteiger partial charge < -0.3 is 10.0 Å². The summed E-state index contributed by atoms with van der Waals surface area (Å²) in [6, 6.07) is 7.54. The Morgan fingerprint density at radius 3 is 2.26 bits per heavy atom. The molecule has 0 saturated carbocycles. The van der Waals surface area contributed by atoms with Crippen LogP contribution in [0.1, 0.15) is 54.5 Å². The molecule has 146 valence electrons. The van der Waals surface area contributed by atoms with Crippen molar-refractivity contribution >= 4 is 11.9 Å². The lowest BCUT2D eigenvalue weighted by Crippen LogP contribution is -2.38. The van der Waals surface area contributed by atoms with Crippen molar-refractivity contribution in [1.29, 1.82) is 0 Å². The maximum atomic E-state index is 12.7. The van der Waals surface area contributed by atoms with Crippen molar-refractivity contribution in [3.05, 3.63) is 46.8 Å². The van der Waals surface area contributed by atoms with Gasteiger partial charge in [-0.3, -0.25) is 9.59 Å². The molecule has 6 heteroatoms. The summed E-state index contributed by atoms with van der Waals surface area (Å²) in [6.45, 7) is 10.1. The lowest BCUT2D eigenvalue weighted by molar-refractivity contribution is -0.136. The van der Waals surface area contributed by atoms with E-state index in [0.29, 0.717) is 17.9 Å². The first-order valence-corrected chi connectivity index (χ1v) is 9.28. The van der Waals surface area contributed by atoms with Crippen LogP contribution in [0.15, 0.2) is 24.3 Å². The molecule has 1 atom stereocenters. The van der Waals surface area contributed by atoms with E-state index in [0.717, 1.165) is 22.6 Å². The fourth-order valence-corrected chi connectivity index (χ4v) is 3.10. The number of benzene rings is 1. The van der Waals surface area contributed by atoms with Gasteiger partial charge in [-0.05, 0) is 62.9 Å². The minimum absolute atomic E-state index is 0.00161. The van der Waals surface area contributed by atoms with Crippen molar-refractivity contribution in [2.45, 2.75) is 53.5 Å². The third kappa shape index (κ3) is 4.56. The van der Waals surface area contributed by atoms with Gasteiger partial charge in [0.25, 0.3) is 5.91 Å². The van der Waals surface area contributed by atoms with E-state index in [4.69, 9.17) is 5.11 Å². The number of amides is 1. The highest BCUT2D eigenvalue weighted by atomic mass is 16.4. The molecule has 0 radical (unpaired) electrons. The van der Waals surface area contributed by atoms with Crippen LogP contribution in [0.25, 0.3) is 5.69 Å². The number of carbonyl (C=O) groups is 2. The van der Waals surface area contributed by atoms with Gasteiger partial charge in [0.1, 0.15) is 0 Å². The minimum atomic E-state index is -0.816. The first-order valence-electron chi connectivity index (χ1n) is 9.28. The van der Waals surface area contributed by atoms with Gasteiger partial charge >= 0.3 is 5.97 Å². The summed E-state index contributed by atoms with van der Waals surface area (Å²) in [6.07, 6.45) is 0.544. The van der Waals surface area contributed by atoms with Crippen molar-refractivity contribution in [2.24, 2.45) is 5.92 Å². The van der Waals surface area contributed by atoms with Crippen LogP contribution in [0, 0.1) is 19.8 Å². The minimum Gasteiger partial charge on any atom is -0.481 e. The molecule has 1 N–H and O–H groups in total. The standard InChI is InChI=1S/C21H29N3O3/c1-13(2)15(4)23(6)21(27)17-7-9-18(10-8-17)24-16(5)19(14(3)22-24)11-12-20(25)26/h7-10,13,15H,11-12H2,1-6H3,(H,25,26). The highest BCUT2D eigenvalue weighted by Crippen LogP contribution is 2.20. The summed E-state index contributed by atoms with van der Waals surface area (Å²) in [5, 5.41) is 13.5. The van der Waals surface area contributed by atoms with Crippen LogP contribution in [0.2, 0.25) is 0 Å². The molecule has 0 spiro atoms. The van der Waals surface area contributed by atoms with E-state index < -0.39 is 5.97 Å². The first kappa shape index (κ1) is 20.7. The molecule has 1 aromatic heterocycles. The van der Waals surface area contributed by atoms with E-state index in [1.165, 1.54) is 0 Å². The molecule has 0 aliphatic heterocycles. The predicted octanol–water partition coefficient (Wildman–Crippen LogP) is 3.62. The highest BCUT2D eigenvalue weighted by Gasteiger charge is 2.20. The smallest absolute Gasteiger partial charge is 0.303 e. The van der Waals surface area contributed by atoms with Crippen molar-refractivity contribution in [2.75, 3.05) is 7.05 Å². The number of aliphatic carboxylic acids is 1. The topological polar surface area (TPSA) is 75.4 Å². The van der Waals surface area contributed by atoms with E-state index in [1.807, 2.05) is 52.1 Å². The average Bonchev–Trinajstić information content (AvgIpc) is 2.92. The Bertz CT molecular complexity index is 822. The van der Waals surface area contributed by atoms with Crippen LogP contribution >= 0.6 is 0 Å². The lowest BCUT2D eigenvalue weighted by atomic mass is 10.0. The molecule has 1 aromatic carbocycles. The van der Waals surface area contributed by atoms with Crippen LogP contribution < -0.4 is 0 Å². The molecule has 1 heterocycles. The zero-order valence-electron chi connectivity index (χ0n) is 17.0. The Labute approximate surface area is 160 Å². The average molecular weight is 371 g/mol. The number of aryl methyl sites for hydroxylation is 1. The second-order valence-electron chi connectivity index (χ2n) is 7.40. The molecular formula is C21H29N3O3. The maximum absolute atomic E-state index is 12.7. The number of carboxylic acid groups (broad SMARTS) is 1. The second-order valence-corrected chi connectivity index (χ2v) is 7.40. The van der Waals surface area contributed by atoms with Gasteiger partial charge in [-0.1, -0.05) is 13.8 Å². The predicted molar refractivity (Wildman–Crippen MR) is 105 cm³/mol. The van der Waals surface area contributed by atoms with E-state index in [1.54, 1.807) is 9.58 Å². The van der Waals surface area contributed by atoms with Crippen LogP contribution in [-0.2, 0) is 11.2 Å². The Kier molecular flexibility index (Phi) is 6.41. The Hall–Kier alpha value is -2.63. The van der Waals surface area contributed by atoms with Crippen molar-refractivity contribution in [3.8, 4) is 5.69 Å². The normalized spacial score (nSPS) is 12.3. The summed E-state index contributed by atoms with van der Waals surface area (Å²) < 4.78 is 1.81. The van der Waals surface area contributed by atoms with Gasteiger partial charge in [0, 0.05) is 30.8 Å². The lowest BCUT2D eigenvalue weighted by Gasteiger charge is -2.28. The van der Waals surface area contributed by atoms with Gasteiger partial charge in [0.05, 0.1) is 11.4 Å². The van der Waals surface area contributed by atoms with Crippen LogP contribution in [0.5, 0.6) is 0 Å². The van der Waals surface area contributed by atoms with Gasteiger partial charge in [-0.15, -0.1) is 0 Å². The van der Waals surface area contributed by atoms with E-state index >= 15 is 0 Å². The van der Waals surface area contributed by atoms with Crippen LogP contribution in [-0.4, -0.2) is 44.8 Å². The summed E-state index contributed by atoms with van der Waals surface area (Å²) in [5.41, 5.74) is 4.22. The maximum Gasteiger partial charge on any atom is 0.303 e. The number of rotatable bonds is 7. The molecule has 1 unspecified atom stereocenters. The summed E-state index contributed by atoms with van der Waals surface area (Å²) in [7, 11) is 1.83. The molecule has 0 aliphatic carbocycles. The third-order valence-corrected chi connectivity index (χ3v) is 5.28. The molecule has 2 aromatic rings. The second kappa shape index (κ2) is 8.37. The molecular weight excluding hydrogens is 342 g/mol. The number of nitrogens with zero attached hydrogens (tertiary/aromatic N) is 3. The number of carbonyl (C=O) groups excluding carboxylic acids is 1. The van der Waals surface area contributed by atoms with E-state index in [9.17, 15) is 9.59 Å². The largest absolute Gasteiger partial charge is 0.481 e. The third-order valence-electron chi connectivity index (χ3n) is 5.28. The van der Waals surface area contributed by atoms with E-state index in [2.05, 4.69) is 18.9 Å². The number of hydrogen-bond acceptors (Lipinski definition) is 3. The first-order chi connectivity index (χ1) is 12.6. The summed E-state index contributed by atoms with van der Waals surface area (Å²) in [4.78, 5) is 25.3. The van der Waals surface area contributed by atoms with Gasteiger partial charge in [0.15, 0.2) is 0 Å². The molecule has 1 amide bonds. The summed E-state index contributed by atoms with van der Waals surface area (Å²) >= 11 is 0. The number of aromatic nitrogens is 2. The van der Waals surface area contributed by atoms with Crippen molar-refractivity contribution in [1.82, 2.24) is 14.7 Å². The molecule has 0 bridgehead atoms. The van der Waals surface area contributed by atoms with Crippen LogP contribution in [0.3, 0.4) is 0 Å². The zero-order valence-corrected chi connectivity index (χ0v) is 17.0. The van der Waals surface area contributed by atoms with Gasteiger partial charge in [-0.2, -0.15) is 5.10 Å². The van der Waals surface area contributed by atoms with Gasteiger partial charge in [-0.25, -0.2) is 4.68 Å². The molecule has 0 saturated heterocycles. The Morgan fingerprint density at radius 1 is 1.15 bits per heavy atom. The zero-order chi connectivity index (χ0) is 20.3. The number of hydrogen-bond donors (Lipinski definition) is 1. The van der Waals surface area contributed by atoms with Crippen LogP contribution in [0.4, 0.5) is 0 Å². The fourth-order valence-electron chi connectivity index (χ4n) is 3.10. The SMILES string of the molecule is Cc1nn(-c2ccc(C(=O)N(C)C(C)C(C)C)cc2)c(C)c1CCC(=O)O. The molecule has 2 rings (SSSR count). The summed E-state index contributed by atoms with van der Waals surface area (Å²) in [5.74, 6) is -0.431. The Balaban J connectivity index is 2.24. The monoisotopic (exact) mass is 371 g/mol. The van der Waals surface area contributed by atoms with Gasteiger partial charge in [0.2, 0.25) is 0 Å². The fraction of sp³-hybridized carbons (Fsp3) is 0.476. The highest BCUT2D eigenvalue weighted by molar-refractivity contribution is 5.94. The quantitative estimate of drug-likeness (QED) is 0.806. The molecule has 0 aliphatic rings. The molecule has 6 nitrogen and oxygen atoms in total. The number of carboxylic acids is 1. The van der Waals surface area contributed by atoms with E-state index in [-0.39, 0.29) is 18.4 Å². The van der Waals surface area contributed by atoms with Crippen molar-refractivity contribution in [3.63, 3.8) is 0 Å². The Morgan fingerprint density at radius 2 is 1.74 bits per heavy atom.